The van der Waals surface area contributed by atoms with Crippen LogP contribution in [0.15, 0.2) is 12.4 Å². The monoisotopic (exact) mass is 389 g/mol. The fourth-order valence-electron chi connectivity index (χ4n) is 4.22. The minimum atomic E-state index is -0.0378. The molecule has 3 aliphatic rings. The number of morpholine rings is 1. The summed E-state index contributed by atoms with van der Waals surface area (Å²) in [4.78, 5) is 36.4. The highest BCUT2D eigenvalue weighted by Crippen LogP contribution is 2.32. The van der Waals surface area contributed by atoms with Crippen LogP contribution in [0, 0.1) is 5.92 Å². The Hall–Kier alpha value is -1.93. The van der Waals surface area contributed by atoms with Gasteiger partial charge in [-0.05, 0) is 25.7 Å². The van der Waals surface area contributed by atoms with E-state index >= 15 is 0 Å². The molecule has 0 spiro atoms. The Morgan fingerprint density at radius 1 is 1.21 bits per heavy atom. The Bertz CT molecular complexity index is 696. The molecule has 2 saturated heterocycles. The largest absolute Gasteiger partial charge is 0.379 e. The van der Waals surface area contributed by atoms with Gasteiger partial charge in [-0.15, -0.1) is 0 Å². The fourth-order valence-corrected chi connectivity index (χ4v) is 4.22. The van der Waals surface area contributed by atoms with Gasteiger partial charge in [0.25, 0.3) is 5.91 Å². The van der Waals surface area contributed by atoms with E-state index in [1.165, 1.54) is 0 Å². The summed E-state index contributed by atoms with van der Waals surface area (Å²) in [5.74, 6) is 0.910. The zero-order valence-electron chi connectivity index (χ0n) is 16.8. The molecular formula is C20H31N5O3. The molecule has 154 valence electrons. The third-order valence-corrected chi connectivity index (χ3v) is 6.11. The zero-order valence-corrected chi connectivity index (χ0v) is 16.8. The second-order valence-electron chi connectivity index (χ2n) is 8.17. The van der Waals surface area contributed by atoms with Crippen LogP contribution >= 0.6 is 0 Å². The number of nitrogens with zero attached hydrogens (tertiary/aromatic N) is 5. The van der Waals surface area contributed by atoms with E-state index in [4.69, 9.17) is 4.74 Å². The van der Waals surface area contributed by atoms with Crippen LogP contribution in [-0.2, 0) is 16.6 Å². The number of aromatic nitrogens is 2. The molecule has 1 aromatic heterocycles. The van der Waals surface area contributed by atoms with Gasteiger partial charge in [-0.3, -0.25) is 14.5 Å². The van der Waals surface area contributed by atoms with Crippen molar-refractivity contribution in [3.05, 3.63) is 18.2 Å². The van der Waals surface area contributed by atoms with Crippen LogP contribution in [0.25, 0.3) is 0 Å². The van der Waals surface area contributed by atoms with Crippen LogP contribution in [-0.4, -0.2) is 94.6 Å². The van der Waals surface area contributed by atoms with E-state index < -0.39 is 0 Å². The average molecular weight is 390 g/mol. The molecule has 0 radical (unpaired) electrons. The second-order valence-corrected chi connectivity index (χ2v) is 8.17. The first-order chi connectivity index (χ1) is 13.6. The number of aryl methyl sites for hydroxylation is 1. The first kappa shape index (κ1) is 19.4. The molecule has 3 fully saturated rings. The summed E-state index contributed by atoms with van der Waals surface area (Å²) in [6.07, 6.45) is 7.35. The van der Waals surface area contributed by atoms with E-state index in [2.05, 4.69) is 14.8 Å². The Morgan fingerprint density at radius 2 is 2.00 bits per heavy atom. The predicted octanol–water partition coefficient (Wildman–Crippen LogP) is 0.596. The molecule has 1 aliphatic carbocycles. The van der Waals surface area contributed by atoms with Gasteiger partial charge in [-0.25, -0.2) is 4.98 Å². The summed E-state index contributed by atoms with van der Waals surface area (Å²) in [5.41, 5.74) is 0. The molecule has 0 bridgehead atoms. The van der Waals surface area contributed by atoms with E-state index in [1.54, 1.807) is 17.0 Å². The summed E-state index contributed by atoms with van der Waals surface area (Å²) >= 11 is 0. The lowest BCUT2D eigenvalue weighted by molar-refractivity contribution is -0.136. The Balaban J connectivity index is 1.42. The van der Waals surface area contributed by atoms with Crippen molar-refractivity contribution in [1.82, 2.24) is 24.3 Å². The van der Waals surface area contributed by atoms with E-state index in [-0.39, 0.29) is 23.8 Å². The molecule has 4 rings (SSSR count). The number of imidazole rings is 1. The maximum atomic E-state index is 13.0. The van der Waals surface area contributed by atoms with E-state index in [1.807, 2.05) is 11.9 Å². The molecule has 2 aliphatic heterocycles. The van der Waals surface area contributed by atoms with Gasteiger partial charge < -0.3 is 19.1 Å². The molecule has 8 heteroatoms. The number of piperidine rings is 1. The number of carbonyl (C=O) groups is 2. The van der Waals surface area contributed by atoms with Crippen molar-refractivity contribution in [2.45, 2.75) is 31.7 Å². The van der Waals surface area contributed by atoms with Crippen molar-refractivity contribution in [1.29, 1.82) is 0 Å². The molecule has 28 heavy (non-hydrogen) atoms. The van der Waals surface area contributed by atoms with Crippen LogP contribution in [0.3, 0.4) is 0 Å². The van der Waals surface area contributed by atoms with Crippen molar-refractivity contribution in [3.8, 4) is 0 Å². The normalized spacial score (nSPS) is 23.6. The highest BCUT2D eigenvalue weighted by Gasteiger charge is 2.38. The van der Waals surface area contributed by atoms with Gasteiger partial charge in [0.1, 0.15) is 0 Å². The number of likely N-dealkylation sites (tertiary alicyclic amines) is 1. The molecule has 0 aromatic carbocycles. The molecule has 1 saturated carbocycles. The highest BCUT2D eigenvalue weighted by molar-refractivity contribution is 5.91. The molecule has 3 heterocycles. The number of ether oxygens (including phenoxy) is 1. The van der Waals surface area contributed by atoms with Crippen LogP contribution in [0.5, 0.6) is 0 Å². The lowest BCUT2D eigenvalue weighted by Gasteiger charge is -2.40. The van der Waals surface area contributed by atoms with E-state index in [0.29, 0.717) is 12.4 Å². The molecule has 8 nitrogen and oxygen atoms in total. The lowest BCUT2D eigenvalue weighted by Crippen LogP contribution is -2.54. The summed E-state index contributed by atoms with van der Waals surface area (Å²) < 4.78 is 7.19. The maximum Gasteiger partial charge on any atom is 0.289 e. The Kier molecular flexibility index (Phi) is 5.96. The van der Waals surface area contributed by atoms with Crippen molar-refractivity contribution in [3.63, 3.8) is 0 Å². The van der Waals surface area contributed by atoms with Gasteiger partial charge in [-0.1, -0.05) is 0 Å². The predicted molar refractivity (Wildman–Crippen MR) is 104 cm³/mol. The fraction of sp³-hybridized carbons (Fsp3) is 0.750. The van der Waals surface area contributed by atoms with Gasteiger partial charge >= 0.3 is 0 Å². The lowest BCUT2D eigenvalue weighted by atomic mass is 10.0. The highest BCUT2D eigenvalue weighted by atomic mass is 16.5. The second kappa shape index (κ2) is 8.61. The van der Waals surface area contributed by atoms with Gasteiger partial charge in [0.2, 0.25) is 5.91 Å². The Morgan fingerprint density at radius 3 is 2.68 bits per heavy atom. The first-order valence-corrected chi connectivity index (χ1v) is 10.5. The van der Waals surface area contributed by atoms with Crippen molar-refractivity contribution >= 4 is 11.8 Å². The number of hydrogen-bond acceptors (Lipinski definition) is 5. The van der Waals surface area contributed by atoms with Crippen LogP contribution in [0.4, 0.5) is 0 Å². The number of hydrogen-bond donors (Lipinski definition) is 0. The van der Waals surface area contributed by atoms with Gasteiger partial charge in [0.15, 0.2) is 5.82 Å². The first-order valence-electron chi connectivity index (χ1n) is 10.5. The number of carbonyl (C=O) groups excluding carboxylic acids is 2. The zero-order chi connectivity index (χ0) is 19.5. The average Bonchev–Trinajstić information content (AvgIpc) is 3.49. The maximum absolute atomic E-state index is 13.0. The van der Waals surface area contributed by atoms with Crippen LogP contribution in [0.2, 0.25) is 0 Å². The minimum Gasteiger partial charge on any atom is -0.379 e. The molecule has 1 unspecified atom stereocenters. The van der Waals surface area contributed by atoms with E-state index in [0.717, 1.165) is 71.6 Å². The smallest absolute Gasteiger partial charge is 0.289 e. The number of amides is 2. The van der Waals surface area contributed by atoms with Crippen molar-refractivity contribution in [2.24, 2.45) is 13.0 Å². The minimum absolute atomic E-state index is 0.0378. The van der Waals surface area contributed by atoms with Gasteiger partial charge in [-0.2, -0.15) is 0 Å². The molecule has 1 aromatic rings. The van der Waals surface area contributed by atoms with Crippen LogP contribution < -0.4 is 0 Å². The van der Waals surface area contributed by atoms with Crippen molar-refractivity contribution in [2.75, 3.05) is 52.5 Å². The summed E-state index contributed by atoms with van der Waals surface area (Å²) in [6, 6.07) is 0.104. The summed E-state index contributed by atoms with van der Waals surface area (Å²) in [5, 5.41) is 0. The summed E-state index contributed by atoms with van der Waals surface area (Å²) in [6.45, 7) is 6.36. The van der Waals surface area contributed by atoms with Gasteiger partial charge in [0.05, 0.1) is 13.2 Å². The van der Waals surface area contributed by atoms with Gasteiger partial charge in [0, 0.05) is 70.7 Å². The summed E-state index contributed by atoms with van der Waals surface area (Å²) in [7, 11) is 1.84. The van der Waals surface area contributed by atoms with Crippen LogP contribution in [0.1, 0.15) is 36.3 Å². The SMILES string of the molecule is Cn1ccnc1C(=O)N1CCCC(N(CCN2CCOCC2)C(=O)C2CC2)C1. The van der Waals surface area contributed by atoms with E-state index in [9.17, 15) is 9.59 Å². The Labute approximate surface area is 166 Å². The number of rotatable bonds is 6. The molecule has 0 N–H and O–H groups in total. The molecule has 2 amide bonds. The molecular weight excluding hydrogens is 358 g/mol. The standard InChI is InChI=1S/C20H31N5O3/c1-22-8-6-21-18(22)20(27)24-7-2-3-17(15-24)25(19(26)16-4-5-16)10-9-23-11-13-28-14-12-23/h6,8,16-17H,2-5,7,9-15H2,1H3. The quantitative estimate of drug-likeness (QED) is 0.712. The third-order valence-electron chi connectivity index (χ3n) is 6.11. The topological polar surface area (TPSA) is 70.9 Å². The van der Waals surface area contributed by atoms with Crippen molar-refractivity contribution < 1.29 is 14.3 Å². The third kappa shape index (κ3) is 4.38. The molecule has 1 atom stereocenters.